The zero-order valence-electron chi connectivity index (χ0n) is 18.8. The van der Waals surface area contributed by atoms with Crippen molar-refractivity contribution in [1.29, 1.82) is 0 Å². The molecule has 11 nitrogen and oxygen atoms in total. The molecule has 33 heavy (non-hydrogen) atoms. The highest BCUT2D eigenvalue weighted by Gasteiger charge is 2.29. The summed E-state index contributed by atoms with van der Waals surface area (Å²) >= 11 is 0. The van der Waals surface area contributed by atoms with E-state index in [4.69, 9.17) is 14.2 Å². The van der Waals surface area contributed by atoms with Gasteiger partial charge in [0.2, 0.25) is 15.8 Å². The molecule has 0 bridgehead atoms. The van der Waals surface area contributed by atoms with E-state index in [-0.39, 0.29) is 10.6 Å². The first-order valence-corrected chi connectivity index (χ1v) is 11.6. The highest BCUT2D eigenvalue weighted by Crippen LogP contribution is 2.38. The van der Waals surface area contributed by atoms with Crippen molar-refractivity contribution in [2.45, 2.75) is 24.7 Å². The van der Waals surface area contributed by atoms with Crippen molar-refractivity contribution in [2.75, 3.05) is 39.8 Å². The van der Waals surface area contributed by atoms with Crippen molar-refractivity contribution in [3.8, 4) is 17.2 Å². The van der Waals surface area contributed by atoms with Crippen LogP contribution in [0.1, 0.15) is 25.3 Å². The van der Waals surface area contributed by atoms with Crippen LogP contribution < -0.4 is 19.6 Å². The number of sulfonamides is 1. The summed E-state index contributed by atoms with van der Waals surface area (Å²) in [5, 5.41) is 15.9. The second-order valence-electron chi connectivity index (χ2n) is 7.27. The van der Waals surface area contributed by atoms with Crippen molar-refractivity contribution in [2.24, 2.45) is 5.10 Å². The number of methoxy groups -OCH3 is 3. The molecule has 0 aromatic heterocycles. The summed E-state index contributed by atoms with van der Waals surface area (Å²) in [6.45, 7) is 2.52. The van der Waals surface area contributed by atoms with Crippen molar-refractivity contribution in [1.82, 2.24) is 4.31 Å². The summed E-state index contributed by atoms with van der Waals surface area (Å²) in [5.41, 5.74) is 3.46. The maximum absolute atomic E-state index is 12.8. The maximum atomic E-state index is 12.8. The Morgan fingerprint density at radius 2 is 1.67 bits per heavy atom. The molecule has 0 radical (unpaired) electrons. The summed E-state index contributed by atoms with van der Waals surface area (Å²) in [4.78, 5) is 10.9. The van der Waals surface area contributed by atoms with Crippen molar-refractivity contribution >= 4 is 27.1 Å². The topological polar surface area (TPSA) is 133 Å². The van der Waals surface area contributed by atoms with Gasteiger partial charge in [-0.2, -0.15) is 9.41 Å². The molecule has 0 unspecified atom stereocenters. The Hall–Kier alpha value is -3.38. The second-order valence-corrected chi connectivity index (χ2v) is 9.21. The molecule has 2 aromatic rings. The van der Waals surface area contributed by atoms with E-state index >= 15 is 0 Å². The van der Waals surface area contributed by atoms with Crippen LogP contribution >= 0.6 is 0 Å². The van der Waals surface area contributed by atoms with E-state index < -0.39 is 20.6 Å². The Balaban J connectivity index is 1.92. The number of nitro groups is 1. The molecule has 0 spiro atoms. The number of ether oxygens (including phenoxy) is 3. The lowest BCUT2D eigenvalue weighted by Crippen LogP contribution is -2.27. The summed E-state index contributed by atoms with van der Waals surface area (Å²) in [6, 6.07) is 7.13. The lowest BCUT2D eigenvalue weighted by Gasteiger charge is -2.16. The van der Waals surface area contributed by atoms with Crippen LogP contribution in [0, 0.1) is 10.1 Å². The molecule has 1 fully saturated rings. The fourth-order valence-electron chi connectivity index (χ4n) is 3.49. The predicted molar refractivity (Wildman–Crippen MR) is 123 cm³/mol. The highest BCUT2D eigenvalue weighted by atomic mass is 32.2. The first-order valence-electron chi connectivity index (χ1n) is 10.1. The van der Waals surface area contributed by atoms with Gasteiger partial charge in [-0.15, -0.1) is 0 Å². The van der Waals surface area contributed by atoms with Gasteiger partial charge in [-0.3, -0.25) is 15.5 Å². The number of benzene rings is 2. The monoisotopic (exact) mass is 478 g/mol. The molecule has 1 aliphatic heterocycles. The summed E-state index contributed by atoms with van der Waals surface area (Å²) < 4.78 is 42.9. The smallest absolute Gasteiger partial charge is 0.295 e. The first-order chi connectivity index (χ1) is 15.7. The standard InChI is InChI=1S/C21H26N4O7S/c1-14(15-11-19(30-2)21(32-4)20(12-15)31-3)22-23-17-8-7-16(13-18(17)25(26)27)33(28,29)24-9-5-6-10-24/h7-8,11-13,23H,5-6,9-10H2,1-4H3. The van der Waals surface area contributed by atoms with Gasteiger partial charge in [0.05, 0.1) is 36.9 Å². The van der Waals surface area contributed by atoms with Gasteiger partial charge in [0.15, 0.2) is 11.5 Å². The molecule has 3 rings (SSSR count). The van der Waals surface area contributed by atoms with E-state index in [1.807, 2.05) is 0 Å². The molecule has 1 aliphatic rings. The number of hydrazone groups is 1. The molecule has 12 heteroatoms. The number of nitrogens with one attached hydrogen (secondary N) is 1. The van der Waals surface area contributed by atoms with Crippen LogP contribution in [0.5, 0.6) is 17.2 Å². The van der Waals surface area contributed by atoms with Crippen molar-refractivity contribution in [3.05, 3.63) is 46.0 Å². The molecule has 1 heterocycles. The number of hydrogen-bond acceptors (Lipinski definition) is 9. The lowest BCUT2D eigenvalue weighted by atomic mass is 10.1. The van der Waals surface area contributed by atoms with Gasteiger partial charge < -0.3 is 14.2 Å². The van der Waals surface area contributed by atoms with E-state index in [1.165, 1.54) is 37.8 Å². The van der Waals surface area contributed by atoms with Gasteiger partial charge in [-0.25, -0.2) is 8.42 Å². The third-order valence-corrected chi connectivity index (χ3v) is 7.19. The number of rotatable bonds is 9. The number of hydrogen-bond donors (Lipinski definition) is 1. The van der Waals surface area contributed by atoms with Gasteiger partial charge in [0, 0.05) is 24.7 Å². The Bertz CT molecular complexity index is 1150. The normalized spacial score (nSPS) is 14.7. The molecule has 0 atom stereocenters. The summed E-state index contributed by atoms with van der Waals surface area (Å²) in [7, 11) is 0.699. The molecule has 0 saturated carbocycles. The molecule has 1 N–H and O–H groups in total. The minimum atomic E-state index is -3.78. The number of nitro benzene ring substituents is 1. The van der Waals surface area contributed by atoms with Crippen molar-refractivity contribution in [3.63, 3.8) is 0 Å². The molecule has 178 valence electrons. The molecule has 1 saturated heterocycles. The highest BCUT2D eigenvalue weighted by molar-refractivity contribution is 7.89. The zero-order chi connectivity index (χ0) is 24.2. The van der Waals surface area contributed by atoms with Crippen molar-refractivity contribution < 1.29 is 27.6 Å². The SMILES string of the molecule is COc1cc(C(C)=NNc2ccc(S(=O)(=O)N3CCCC3)cc2[N+](=O)[O-])cc(OC)c1OC. The van der Waals surface area contributed by atoms with Crippen LogP contribution in [-0.2, 0) is 10.0 Å². The molecular formula is C21H26N4O7S. The van der Waals surface area contributed by atoms with Gasteiger partial charge in [-0.1, -0.05) is 0 Å². The fourth-order valence-corrected chi connectivity index (χ4v) is 5.03. The van der Waals surface area contributed by atoms with E-state index in [0.29, 0.717) is 41.6 Å². The Morgan fingerprint density at radius 1 is 1.06 bits per heavy atom. The quantitative estimate of drug-likeness (QED) is 0.330. The molecule has 2 aromatic carbocycles. The number of nitrogens with zero attached hydrogens (tertiary/aromatic N) is 3. The Kier molecular flexibility index (Phi) is 7.39. The first kappa shape index (κ1) is 24.3. The lowest BCUT2D eigenvalue weighted by molar-refractivity contribution is -0.384. The van der Waals surface area contributed by atoms with Crippen LogP contribution in [0.2, 0.25) is 0 Å². The third kappa shape index (κ3) is 5.01. The predicted octanol–water partition coefficient (Wildman–Crippen LogP) is 3.24. The minimum Gasteiger partial charge on any atom is -0.493 e. The van der Waals surface area contributed by atoms with E-state index in [1.54, 1.807) is 19.1 Å². The average molecular weight is 479 g/mol. The Morgan fingerprint density at radius 3 is 2.18 bits per heavy atom. The molecular weight excluding hydrogens is 452 g/mol. The number of anilines is 1. The van der Waals surface area contributed by atoms with Crippen LogP contribution in [0.15, 0.2) is 40.3 Å². The average Bonchev–Trinajstić information content (AvgIpc) is 3.37. The largest absolute Gasteiger partial charge is 0.493 e. The Labute approximate surface area is 192 Å². The van der Waals surface area contributed by atoms with E-state index in [0.717, 1.165) is 18.9 Å². The minimum absolute atomic E-state index is 0.0622. The van der Waals surface area contributed by atoms with Gasteiger partial charge in [-0.05, 0) is 44.0 Å². The van der Waals surface area contributed by atoms with Crippen LogP contribution in [0.25, 0.3) is 0 Å². The van der Waals surface area contributed by atoms with Crippen LogP contribution in [0.4, 0.5) is 11.4 Å². The molecule has 0 amide bonds. The van der Waals surface area contributed by atoms with E-state index in [9.17, 15) is 18.5 Å². The second kappa shape index (κ2) is 10.0. The summed E-state index contributed by atoms with van der Waals surface area (Å²) in [6.07, 6.45) is 1.55. The molecule has 0 aliphatic carbocycles. The summed E-state index contributed by atoms with van der Waals surface area (Å²) in [5.74, 6) is 1.29. The van der Waals surface area contributed by atoms with Gasteiger partial charge in [0.25, 0.3) is 5.69 Å². The van der Waals surface area contributed by atoms with Gasteiger partial charge >= 0.3 is 0 Å². The van der Waals surface area contributed by atoms with Crippen LogP contribution in [0.3, 0.4) is 0 Å². The van der Waals surface area contributed by atoms with Gasteiger partial charge in [0.1, 0.15) is 5.69 Å². The fraction of sp³-hybridized carbons (Fsp3) is 0.381. The van der Waals surface area contributed by atoms with E-state index in [2.05, 4.69) is 10.5 Å². The maximum Gasteiger partial charge on any atom is 0.295 e. The zero-order valence-corrected chi connectivity index (χ0v) is 19.6. The van der Waals surface area contributed by atoms with Crippen LogP contribution in [-0.4, -0.2) is 57.8 Å². The third-order valence-electron chi connectivity index (χ3n) is 5.30.